The van der Waals surface area contributed by atoms with E-state index in [9.17, 15) is 0 Å². The lowest BCUT2D eigenvalue weighted by Crippen LogP contribution is -2.16. The largest absolute Gasteiger partial charge is 0.317 e. The molecule has 0 aromatic rings. The van der Waals surface area contributed by atoms with Crippen LogP contribution in [0.15, 0.2) is 0 Å². The zero-order valence-electron chi connectivity index (χ0n) is 14.2. The summed E-state index contributed by atoms with van der Waals surface area (Å²) in [5.41, 5.74) is 0. The van der Waals surface area contributed by atoms with Crippen LogP contribution in [-0.4, -0.2) is 13.1 Å². The van der Waals surface area contributed by atoms with Gasteiger partial charge in [-0.1, -0.05) is 97.3 Å². The van der Waals surface area contributed by atoms with E-state index in [1.54, 1.807) is 0 Å². The zero-order chi connectivity index (χ0) is 14.7. The molecular formula is C19H40N. The van der Waals surface area contributed by atoms with Gasteiger partial charge >= 0.3 is 0 Å². The van der Waals surface area contributed by atoms with Crippen LogP contribution in [0.2, 0.25) is 0 Å². The first kappa shape index (κ1) is 20.0. The molecule has 0 fully saturated rings. The molecule has 0 aromatic heterocycles. The Kier molecular flexibility index (Phi) is 18.9. The summed E-state index contributed by atoms with van der Waals surface area (Å²) >= 11 is 0. The Balaban J connectivity index is 2.89. The quantitative estimate of drug-likeness (QED) is 0.309. The highest BCUT2D eigenvalue weighted by molar-refractivity contribution is 4.52. The molecule has 0 saturated carbocycles. The van der Waals surface area contributed by atoms with E-state index in [2.05, 4.69) is 19.2 Å². The highest BCUT2D eigenvalue weighted by Gasteiger charge is 1.93. The van der Waals surface area contributed by atoms with Crippen molar-refractivity contribution in [1.82, 2.24) is 5.32 Å². The van der Waals surface area contributed by atoms with Gasteiger partial charge in [-0.05, 0) is 25.9 Å². The van der Waals surface area contributed by atoms with Crippen LogP contribution in [0.3, 0.4) is 0 Å². The molecule has 0 rings (SSSR count). The molecular weight excluding hydrogens is 242 g/mol. The van der Waals surface area contributed by atoms with E-state index < -0.39 is 0 Å². The molecule has 0 unspecified atom stereocenters. The fourth-order valence-electron chi connectivity index (χ4n) is 2.64. The first-order valence-corrected chi connectivity index (χ1v) is 9.41. The van der Waals surface area contributed by atoms with E-state index in [0.29, 0.717) is 0 Å². The summed E-state index contributed by atoms with van der Waals surface area (Å²) < 4.78 is 0. The Morgan fingerprint density at radius 3 is 1.40 bits per heavy atom. The average Bonchev–Trinajstić information content (AvgIpc) is 2.47. The van der Waals surface area contributed by atoms with E-state index in [4.69, 9.17) is 0 Å². The molecule has 1 heteroatoms. The highest BCUT2D eigenvalue weighted by atomic mass is 14.8. The van der Waals surface area contributed by atoms with Crippen LogP contribution < -0.4 is 5.32 Å². The molecule has 1 nitrogen and oxygen atoms in total. The van der Waals surface area contributed by atoms with E-state index >= 15 is 0 Å². The van der Waals surface area contributed by atoms with Crippen molar-refractivity contribution in [2.75, 3.05) is 13.1 Å². The first-order valence-electron chi connectivity index (χ1n) is 9.41. The Bertz CT molecular complexity index is 138. The predicted molar refractivity (Wildman–Crippen MR) is 93.2 cm³/mol. The minimum Gasteiger partial charge on any atom is -0.317 e. The Morgan fingerprint density at radius 1 is 0.550 bits per heavy atom. The summed E-state index contributed by atoms with van der Waals surface area (Å²) in [5, 5.41) is 3.57. The van der Waals surface area contributed by atoms with Crippen LogP contribution in [0.1, 0.15) is 103 Å². The second-order valence-corrected chi connectivity index (χ2v) is 6.20. The second-order valence-electron chi connectivity index (χ2n) is 6.20. The van der Waals surface area contributed by atoms with Gasteiger partial charge in [0, 0.05) is 0 Å². The maximum absolute atomic E-state index is 3.89. The molecule has 121 valence electrons. The predicted octanol–water partition coefficient (Wildman–Crippen LogP) is 6.28. The van der Waals surface area contributed by atoms with Crippen molar-refractivity contribution in [2.45, 2.75) is 103 Å². The van der Waals surface area contributed by atoms with Crippen molar-refractivity contribution >= 4 is 0 Å². The van der Waals surface area contributed by atoms with Gasteiger partial charge in [0.25, 0.3) is 0 Å². The summed E-state index contributed by atoms with van der Waals surface area (Å²) in [6.07, 6.45) is 20.8. The van der Waals surface area contributed by atoms with Gasteiger partial charge in [-0.2, -0.15) is 0 Å². The Morgan fingerprint density at radius 2 is 0.950 bits per heavy atom. The van der Waals surface area contributed by atoms with Crippen molar-refractivity contribution < 1.29 is 0 Å². The summed E-state index contributed by atoms with van der Waals surface area (Å²) in [5.74, 6) is 0. The molecule has 1 N–H and O–H groups in total. The van der Waals surface area contributed by atoms with Gasteiger partial charge in [0.2, 0.25) is 0 Å². The lowest BCUT2D eigenvalue weighted by molar-refractivity contribution is 0.533. The van der Waals surface area contributed by atoms with Gasteiger partial charge in [0.15, 0.2) is 0 Å². The lowest BCUT2D eigenvalue weighted by Gasteiger charge is -2.05. The van der Waals surface area contributed by atoms with E-state index in [1.165, 1.54) is 103 Å². The number of hydrogen-bond donors (Lipinski definition) is 1. The SMILES string of the molecule is [CH2]CCCCCCCCCCCCNCCCCCC. The molecule has 0 aliphatic heterocycles. The number of unbranched alkanes of at least 4 members (excludes halogenated alkanes) is 13. The number of hydrogen-bond acceptors (Lipinski definition) is 1. The molecule has 0 aliphatic rings. The minimum atomic E-state index is 1.12. The van der Waals surface area contributed by atoms with Crippen LogP contribution in [0.25, 0.3) is 0 Å². The van der Waals surface area contributed by atoms with Crippen LogP contribution in [0.4, 0.5) is 0 Å². The Labute approximate surface area is 129 Å². The summed E-state index contributed by atoms with van der Waals surface area (Å²) in [6.45, 7) is 8.62. The van der Waals surface area contributed by atoms with Crippen LogP contribution in [0.5, 0.6) is 0 Å². The van der Waals surface area contributed by atoms with E-state index in [0.717, 1.165) is 6.42 Å². The van der Waals surface area contributed by atoms with Crippen molar-refractivity contribution in [3.8, 4) is 0 Å². The summed E-state index contributed by atoms with van der Waals surface area (Å²) in [7, 11) is 0. The molecule has 0 amide bonds. The molecule has 0 saturated heterocycles. The van der Waals surface area contributed by atoms with Crippen LogP contribution in [-0.2, 0) is 0 Å². The third-order valence-electron chi connectivity index (χ3n) is 4.06. The van der Waals surface area contributed by atoms with Gasteiger partial charge in [0.1, 0.15) is 0 Å². The highest BCUT2D eigenvalue weighted by Crippen LogP contribution is 2.10. The minimum absolute atomic E-state index is 1.12. The second kappa shape index (κ2) is 19.0. The summed E-state index contributed by atoms with van der Waals surface area (Å²) in [6, 6.07) is 0. The Hall–Kier alpha value is -0.0400. The summed E-state index contributed by atoms with van der Waals surface area (Å²) in [4.78, 5) is 0. The monoisotopic (exact) mass is 282 g/mol. The van der Waals surface area contributed by atoms with Crippen molar-refractivity contribution in [2.24, 2.45) is 0 Å². The lowest BCUT2D eigenvalue weighted by atomic mass is 10.1. The number of nitrogens with one attached hydrogen (secondary N) is 1. The van der Waals surface area contributed by atoms with E-state index in [-0.39, 0.29) is 0 Å². The maximum Gasteiger partial charge on any atom is -0.00489 e. The molecule has 0 aliphatic carbocycles. The normalized spacial score (nSPS) is 11.1. The van der Waals surface area contributed by atoms with Gasteiger partial charge in [0.05, 0.1) is 0 Å². The van der Waals surface area contributed by atoms with Crippen LogP contribution in [0, 0.1) is 6.92 Å². The zero-order valence-corrected chi connectivity index (χ0v) is 14.2. The van der Waals surface area contributed by atoms with E-state index in [1.807, 2.05) is 0 Å². The number of rotatable bonds is 17. The van der Waals surface area contributed by atoms with Gasteiger partial charge in [-0.25, -0.2) is 0 Å². The molecule has 0 spiro atoms. The standard InChI is InChI=1S/C19H40N/c1-3-5-7-9-10-11-12-13-14-15-17-19-20-18-16-8-6-4-2/h20H,1,3-19H2,2H3. The molecule has 0 heterocycles. The van der Waals surface area contributed by atoms with Crippen molar-refractivity contribution in [3.05, 3.63) is 6.92 Å². The molecule has 0 aromatic carbocycles. The third kappa shape index (κ3) is 18.0. The van der Waals surface area contributed by atoms with Crippen molar-refractivity contribution in [1.29, 1.82) is 0 Å². The molecule has 1 radical (unpaired) electrons. The fourth-order valence-corrected chi connectivity index (χ4v) is 2.64. The molecule has 0 atom stereocenters. The topological polar surface area (TPSA) is 12.0 Å². The molecule has 20 heavy (non-hydrogen) atoms. The average molecular weight is 283 g/mol. The molecule has 0 bridgehead atoms. The van der Waals surface area contributed by atoms with Gasteiger partial charge in [-0.15, -0.1) is 0 Å². The first-order chi connectivity index (χ1) is 9.91. The third-order valence-corrected chi connectivity index (χ3v) is 4.06. The smallest absolute Gasteiger partial charge is 0.00489 e. The fraction of sp³-hybridized carbons (Fsp3) is 0.947. The van der Waals surface area contributed by atoms with Gasteiger partial charge < -0.3 is 5.32 Å². The maximum atomic E-state index is 3.89. The van der Waals surface area contributed by atoms with Crippen LogP contribution >= 0.6 is 0 Å². The van der Waals surface area contributed by atoms with Crippen molar-refractivity contribution in [3.63, 3.8) is 0 Å². The van der Waals surface area contributed by atoms with Gasteiger partial charge in [-0.3, -0.25) is 0 Å².